The second-order valence-electron chi connectivity index (χ2n) is 7.69. The molecule has 0 aromatic heterocycles. The molecule has 1 rings (SSSR count). The van der Waals surface area contributed by atoms with Crippen LogP contribution in [-0.2, 0) is 0 Å². The molecule has 0 spiro atoms. The van der Waals surface area contributed by atoms with Gasteiger partial charge >= 0.3 is 0 Å². The van der Waals surface area contributed by atoms with Crippen molar-refractivity contribution in [3.63, 3.8) is 0 Å². The molecular formula is C18H37N. The lowest BCUT2D eigenvalue weighted by Gasteiger charge is -2.42. The molecule has 0 heterocycles. The molecule has 3 atom stereocenters. The molecule has 0 aromatic rings. The molecule has 0 aliphatic heterocycles. The van der Waals surface area contributed by atoms with E-state index in [4.69, 9.17) is 0 Å². The normalized spacial score (nSPS) is 28.6. The molecule has 1 N–H and O–H groups in total. The topological polar surface area (TPSA) is 12.0 Å². The van der Waals surface area contributed by atoms with Crippen LogP contribution < -0.4 is 5.32 Å². The molecule has 1 fully saturated rings. The van der Waals surface area contributed by atoms with Crippen LogP contribution in [0.5, 0.6) is 0 Å². The Bertz CT molecular complexity index is 228. The highest BCUT2D eigenvalue weighted by Gasteiger charge is 2.35. The van der Waals surface area contributed by atoms with Crippen molar-refractivity contribution < 1.29 is 0 Å². The van der Waals surface area contributed by atoms with Crippen LogP contribution in [0.1, 0.15) is 86.0 Å². The summed E-state index contributed by atoms with van der Waals surface area (Å²) in [5, 5.41) is 3.82. The number of unbranched alkanes of at least 4 members (excludes halogenated alkanes) is 2. The zero-order chi connectivity index (χ0) is 14.3. The number of rotatable bonds is 7. The summed E-state index contributed by atoms with van der Waals surface area (Å²) in [4.78, 5) is 0. The summed E-state index contributed by atoms with van der Waals surface area (Å²) >= 11 is 0. The highest BCUT2D eigenvalue weighted by atomic mass is 14.9. The summed E-state index contributed by atoms with van der Waals surface area (Å²) in [6.07, 6.45) is 11.2. The zero-order valence-corrected chi connectivity index (χ0v) is 14.1. The minimum Gasteiger partial charge on any atom is -0.314 e. The Kier molecular flexibility index (Phi) is 7.42. The van der Waals surface area contributed by atoms with Crippen LogP contribution in [0.2, 0.25) is 0 Å². The van der Waals surface area contributed by atoms with Gasteiger partial charge in [0.25, 0.3) is 0 Å². The van der Waals surface area contributed by atoms with Crippen LogP contribution in [0.3, 0.4) is 0 Å². The van der Waals surface area contributed by atoms with Crippen molar-refractivity contribution in [2.24, 2.45) is 17.3 Å². The van der Waals surface area contributed by atoms with E-state index in [-0.39, 0.29) is 0 Å². The van der Waals surface area contributed by atoms with E-state index in [1.54, 1.807) is 0 Å². The monoisotopic (exact) mass is 267 g/mol. The van der Waals surface area contributed by atoms with E-state index in [9.17, 15) is 0 Å². The maximum absolute atomic E-state index is 3.82. The Labute approximate surface area is 121 Å². The lowest BCUT2D eigenvalue weighted by Crippen LogP contribution is -2.43. The van der Waals surface area contributed by atoms with Crippen molar-refractivity contribution >= 4 is 0 Å². The molecule has 0 aromatic carbocycles. The van der Waals surface area contributed by atoms with Crippen molar-refractivity contribution in [2.75, 3.05) is 6.54 Å². The maximum Gasteiger partial charge on any atom is 0.00955 e. The molecule has 19 heavy (non-hydrogen) atoms. The first-order valence-electron chi connectivity index (χ1n) is 8.72. The Hall–Kier alpha value is -0.0400. The molecule has 0 saturated heterocycles. The maximum atomic E-state index is 3.82. The summed E-state index contributed by atoms with van der Waals surface area (Å²) in [6.45, 7) is 13.1. The Morgan fingerprint density at radius 2 is 1.74 bits per heavy atom. The Balaban J connectivity index is 2.52. The first-order chi connectivity index (χ1) is 8.99. The Morgan fingerprint density at radius 3 is 2.32 bits per heavy atom. The molecule has 1 heteroatoms. The average molecular weight is 268 g/mol. The molecule has 1 aliphatic rings. The highest BCUT2D eigenvalue weighted by molar-refractivity contribution is 4.88. The van der Waals surface area contributed by atoms with Crippen LogP contribution in [0, 0.1) is 17.3 Å². The van der Waals surface area contributed by atoms with Crippen LogP contribution >= 0.6 is 0 Å². The van der Waals surface area contributed by atoms with Gasteiger partial charge in [0.05, 0.1) is 0 Å². The van der Waals surface area contributed by atoms with Gasteiger partial charge in [-0.15, -0.1) is 0 Å². The van der Waals surface area contributed by atoms with Crippen molar-refractivity contribution in [2.45, 2.75) is 92.0 Å². The largest absolute Gasteiger partial charge is 0.314 e. The third-order valence-electron chi connectivity index (χ3n) is 5.04. The van der Waals surface area contributed by atoms with E-state index >= 15 is 0 Å². The van der Waals surface area contributed by atoms with Crippen LogP contribution in [0.4, 0.5) is 0 Å². The van der Waals surface area contributed by atoms with Gasteiger partial charge in [-0.1, -0.05) is 53.9 Å². The van der Waals surface area contributed by atoms with Crippen molar-refractivity contribution in [1.29, 1.82) is 0 Å². The fourth-order valence-electron chi connectivity index (χ4n) is 3.62. The number of hydrogen-bond acceptors (Lipinski definition) is 1. The van der Waals surface area contributed by atoms with Gasteiger partial charge in [-0.25, -0.2) is 0 Å². The zero-order valence-electron chi connectivity index (χ0n) is 14.1. The van der Waals surface area contributed by atoms with E-state index in [0.717, 1.165) is 17.9 Å². The van der Waals surface area contributed by atoms with Gasteiger partial charge in [0.15, 0.2) is 0 Å². The molecule has 1 saturated carbocycles. The van der Waals surface area contributed by atoms with Crippen LogP contribution in [-0.4, -0.2) is 12.6 Å². The predicted molar refractivity (Wildman–Crippen MR) is 86.5 cm³/mol. The second kappa shape index (κ2) is 8.29. The van der Waals surface area contributed by atoms with Crippen LogP contribution in [0.25, 0.3) is 0 Å². The van der Waals surface area contributed by atoms with Crippen molar-refractivity contribution in [1.82, 2.24) is 5.32 Å². The summed E-state index contributed by atoms with van der Waals surface area (Å²) in [7, 11) is 0. The van der Waals surface area contributed by atoms with Gasteiger partial charge in [-0.05, 0) is 55.9 Å². The fourth-order valence-corrected chi connectivity index (χ4v) is 3.62. The molecule has 0 radical (unpaired) electrons. The van der Waals surface area contributed by atoms with Gasteiger partial charge in [0, 0.05) is 6.04 Å². The molecule has 1 nitrogen and oxygen atoms in total. The first kappa shape index (κ1) is 17.0. The second-order valence-corrected chi connectivity index (χ2v) is 7.69. The molecule has 114 valence electrons. The van der Waals surface area contributed by atoms with E-state index in [0.29, 0.717) is 5.41 Å². The number of nitrogens with one attached hydrogen (secondary N) is 1. The standard InChI is InChI=1S/C18H37N/c1-6-8-9-10-15-14-16(18(3,4)5)11-12-17(15)19-13-7-2/h15-17,19H,6-14H2,1-5H3. The van der Waals surface area contributed by atoms with E-state index in [2.05, 4.69) is 39.9 Å². The third kappa shape index (κ3) is 5.85. The summed E-state index contributed by atoms with van der Waals surface area (Å²) in [5.74, 6) is 1.86. The van der Waals surface area contributed by atoms with E-state index in [1.165, 1.54) is 57.9 Å². The Morgan fingerprint density at radius 1 is 1.00 bits per heavy atom. The van der Waals surface area contributed by atoms with Gasteiger partial charge in [0.2, 0.25) is 0 Å². The van der Waals surface area contributed by atoms with Crippen molar-refractivity contribution in [3.8, 4) is 0 Å². The molecule has 0 bridgehead atoms. The van der Waals surface area contributed by atoms with E-state index < -0.39 is 0 Å². The summed E-state index contributed by atoms with van der Waals surface area (Å²) in [5.41, 5.74) is 0.499. The lowest BCUT2D eigenvalue weighted by atomic mass is 9.66. The molecule has 3 unspecified atom stereocenters. The highest BCUT2D eigenvalue weighted by Crippen LogP contribution is 2.41. The molecular weight excluding hydrogens is 230 g/mol. The molecule has 0 amide bonds. The lowest BCUT2D eigenvalue weighted by molar-refractivity contribution is 0.108. The third-order valence-corrected chi connectivity index (χ3v) is 5.04. The van der Waals surface area contributed by atoms with Crippen LogP contribution in [0.15, 0.2) is 0 Å². The van der Waals surface area contributed by atoms with Crippen molar-refractivity contribution in [3.05, 3.63) is 0 Å². The summed E-state index contributed by atoms with van der Waals surface area (Å²) in [6, 6.07) is 0.801. The van der Waals surface area contributed by atoms with Gasteiger partial charge in [-0.2, -0.15) is 0 Å². The fraction of sp³-hybridized carbons (Fsp3) is 1.00. The van der Waals surface area contributed by atoms with Gasteiger partial charge < -0.3 is 5.32 Å². The smallest absolute Gasteiger partial charge is 0.00955 e. The molecule has 1 aliphatic carbocycles. The van der Waals surface area contributed by atoms with Gasteiger partial charge in [-0.3, -0.25) is 0 Å². The average Bonchev–Trinajstić information content (AvgIpc) is 2.36. The predicted octanol–water partition coefficient (Wildman–Crippen LogP) is 5.40. The SMILES string of the molecule is CCCCCC1CC(C(C)(C)C)CCC1NCCC. The van der Waals surface area contributed by atoms with Gasteiger partial charge in [0.1, 0.15) is 0 Å². The first-order valence-corrected chi connectivity index (χ1v) is 8.72. The summed E-state index contributed by atoms with van der Waals surface area (Å²) < 4.78 is 0. The number of hydrogen-bond donors (Lipinski definition) is 1. The quantitative estimate of drug-likeness (QED) is 0.609. The van der Waals surface area contributed by atoms with E-state index in [1.807, 2.05) is 0 Å². The minimum absolute atomic E-state index is 0.499. The minimum atomic E-state index is 0.499.